The van der Waals surface area contributed by atoms with Crippen LogP contribution in [0.2, 0.25) is 0 Å². The van der Waals surface area contributed by atoms with Crippen LogP contribution in [0, 0.1) is 11.3 Å². The van der Waals surface area contributed by atoms with E-state index < -0.39 is 0 Å². The lowest BCUT2D eigenvalue weighted by Gasteiger charge is -2.32. The summed E-state index contributed by atoms with van der Waals surface area (Å²) in [7, 11) is 0. The molecule has 0 saturated carbocycles. The summed E-state index contributed by atoms with van der Waals surface area (Å²) in [6, 6.07) is 21.1. The van der Waals surface area contributed by atoms with E-state index in [4.69, 9.17) is 5.26 Å². The molecule has 1 aromatic heterocycles. The van der Waals surface area contributed by atoms with Crippen LogP contribution < -0.4 is 0 Å². The molecule has 3 aromatic rings. The zero-order valence-electron chi connectivity index (χ0n) is 14.9. The standard InChI is InChI=1S/C22H20N4O/c23-14-16-8-10-18(11-9-16)22(27)26-12-4-7-19(15-26)21-13-20(24-25-21)17-5-2-1-3-6-17/h1-3,5-6,8-11,13,19H,4,7,12,15H2,(H,24,25). The topological polar surface area (TPSA) is 72.8 Å². The Morgan fingerprint density at radius 3 is 2.67 bits per heavy atom. The van der Waals surface area contributed by atoms with Gasteiger partial charge in [-0.2, -0.15) is 10.4 Å². The molecule has 27 heavy (non-hydrogen) atoms. The normalized spacial score (nSPS) is 16.7. The predicted molar refractivity (Wildman–Crippen MR) is 103 cm³/mol. The van der Waals surface area contributed by atoms with E-state index in [1.54, 1.807) is 24.3 Å². The predicted octanol–water partition coefficient (Wildman–Crippen LogP) is 3.97. The number of rotatable bonds is 3. The fourth-order valence-electron chi connectivity index (χ4n) is 3.59. The number of H-pyrrole nitrogens is 1. The highest BCUT2D eigenvalue weighted by molar-refractivity contribution is 5.94. The molecule has 1 fully saturated rings. The first-order chi connectivity index (χ1) is 13.2. The second-order valence-corrected chi connectivity index (χ2v) is 6.85. The van der Waals surface area contributed by atoms with Crippen LogP contribution in [0.3, 0.4) is 0 Å². The van der Waals surface area contributed by atoms with Crippen molar-refractivity contribution in [2.75, 3.05) is 13.1 Å². The smallest absolute Gasteiger partial charge is 0.253 e. The van der Waals surface area contributed by atoms with Gasteiger partial charge >= 0.3 is 0 Å². The van der Waals surface area contributed by atoms with Gasteiger partial charge in [0.15, 0.2) is 0 Å². The van der Waals surface area contributed by atoms with Gasteiger partial charge in [0, 0.05) is 35.8 Å². The number of aromatic amines is 1. The molecule has 1 aliphatic rings. The summed E-state index contributed by atoms with van der Waals surface area (Å²) in [5, 5.41) is 16.5. The highest BCUT2D eigenvalue weighted by atomic mass is 16.2. The Balaban J connectivity index is 1.49. The molecule has 5 nitrogen and oxygen atoms in total. The molecule has 1 N–H and O–H groups in total. The Hall–Kier alpha value is -3.39. The maximum atomic E-state index is 12.8. The number of benzene rings is 2. The molecule has 1 aliphatic heterocycles. The summed E-state index contributed by atoms with van der Waals surface area (Å²) < 4.78 is 0. The molecule has 2 aromatic carbocycles. The van der Waals surface area contributed by atoms with E-state index >= 15 is 0 Å². The Bertz CT molecular complexity index is 970. The van der Waals surface area contributed by atoms with E-state index in [2.05, 4.69) is 22.3 Å². The van der Waals surface area contributed by atoms with Crippen molar-refractivity contribution in [2.24, 2.45) is 0 Å². The van der Waals surface area contributed by atoms with Crippen molar-refractivity contribution >= 4 is 5.91 Å². The van der Waals surface area contributed by atoms with Crippen molar-refractivity contribution in [1.82, 2.24) is 15.1 Å². The second-order valence-electron chi connectivity index (χ2n) is 6.85. The number of aromatic nitrogens is 2. The molecule has 0 radical (unpaired) electrons. The average molecular weight is 356 g/mol. The lowest BCUT2D eigenvalue weighted by Crippen LogP contribution is -2.39. The molecule has 5 heteroatoms. The van der Waals surface area contributed by atoms with E-state index in [-0.39, 0.29) is 11.8 Å². The first-order valence-electron chi connectivity index (χ1n) is 9.15. The Labute approximate surface area is 158 Å². The first-order valence-corrected chi connectivity index (χ1v) is 9.15. The number of nitriles is 1. The number of hydrogen-bond donors (Lipinski definition) is 1. The fourth-order valence-corrected chi connectivity index (χ4v) is 3.59. The number of nitrogens with zero attached hydrogens (tertiary/aromatic N) is 3. The Morgan fingerprint density at radius 2 is 1.93 bits per heavy atom. The lowest BCUT2D eigenvalue weighted by atomic mass is 9.93. The second kappa shape index (κ2) is 7.46. The number of carbonyl (C=O) groups excluding carboxylic acids is 1. The van der Waals surface area contributed by atoms with Crippen molar-refractivity contribution in [2.45, 2.75) is 18.8 Å². The largest absolute Gasteiger partial charge is 0.338 e. The summed E-state index contributed by atoms with van der Waals surface area (Å²) in [5.74, 6) is 0.276. The molecule has 1 saturated heterocycles. The number of amides is 1. The monoisotopic (exact) mass is 356 g/mol. The molecular weight excluding hydrogens is 336 g/mol. The Morgan fingerprint density at radius 1 is 1.15 bits per heavy atom. The third-order valence-corrected chi connectivity index (χ3v) is 5.08. The molecule has 1 unspecified atom stereocenters. The van der Waals surface area contributed by atoms with Crippen LogP contribution in [0.5, 0.6) is 0 Å². The van der Waals surface area contributed by atoms with Gasteiger partial charge in [0.25, 0.3) is 5.91 Å². The van der Waals surface area contributed by atoms with E-state index in [1.165, 1.54) is 0 Å². The molecule has 0 spiro atoms. The third-order valence-electron chi connectivity index (χ3n) is 5.08. The number of piperidine rings is 1. The maximum absolute atomic E-state index is 12.8. The van der Waals surface area contributed by atoms with Gasteiger partial charge in [0.2, 0.25) is 0 Å². The van der Waals surface area contributed by atoms with Gasteiger partial charge in [-0.1, -0.05) is 30.3 Å². The maximum Gasteiger partial charge on any atom is 0.253 e. The first kappa shape index (κ1) is 17.0. The molecule has 4 rings (SSSR count). The van der Waals surface area contributed by atoms with Crippen LogP contribution in [-0.4, -0.2) is 34.1 Å². The molecule has 0 aliphatic carbocycles. The number of likely N-dealkylation sites (tertiary alicyclic amines) is 1. The lowest BCUT2D eigenvalue weighted by molar-refractivity contribution is 0.0706. The van der Waals surface area contributed by atoms with Gasteiger partial charge < -0.3 is 4.90 Å². The average Bonchev–Trinajstić information content (AvgIpc) is 3.24. The SMILES string of the molecule is N#Cc1ccc(C(=O)N2CCCC(c3cc(-c4ccccc4)n[nH]3)C2)cc1. The molecule has 1 amide bonds. The van der Waals surface area contributed by atoms with Crippen LogP contribution in [0.25, 0.3) is 11.3 Å². The molecular formula is C22H20N4O. The van der Waals surface area contributed by atoms with Crippen molar-refractivity contribution in [1.29, 1.82) is 5.26 Å². The summed E-state index contributed by atoms with van der Waals surface area (Å²) in [5.41, 5.74) is 4.28. The van der Waals surface area contributed by atoms with Gasteiger partial charge in [0.05, 0.1) is 17.3 Å². The Kier molecular flexibility index (Phi) is 4.71. The highest BCUT2D eigenvalue weighted by Gasteiger charge is 2.26. The van der Waals surface area contributed by atoms with Gasteiger partial charge in [-0.3, -0.25) is 9.89 Å². The van der Waals surface area contributed by atoms with E-state index in [9.17, 15) is 4.79 Å². The van der Waals surface area contributed by atoms with Crippen molar-refractivity contribution in [3.8, 4) is 17.3 Å². The zero-order chi connectivity index (χ0) is 18.6. The number of carbonyl (C=O) groups is 1. The van der Waals surface area contributed by atoms with Crippen LogP contribution in [-0.2, 0) is 0 Å². The van der Waals surface area contributed by atoms with Crippen LogP contribution in [0.4, 0.5) is 0 Å². The van der Waals surface area contributed by atoms with Crippen molar-refractivity contribution in [3.63, 3.8) is 0 Å². The van der Waals surface area contributed by atoms with Crippen LogP contribution in [0.1, 0.15) is 40.4 Å². The molecule has 1 atom stereocenters. The van der Waals surface area contributed by atoms with E-state index in [0.29, 0.717) is 17.7 Å². The van der Waals surface area contributed by atoms with Gasteiger partial charge in [-0.25, -0.2) is 0 Å². The number of hydrogen-bond acceptors (Lipinski definition) is 3. The summed E-state index contributed by atoms with van der Waals surface area (Å²) in [6.07, 6.45) is 2.00. The van der Waals surface area contributed by atoms with Gasteiger partial charge in [-0.15, -0.1) is 0 Å². The molecule has 134 valence electrons. The highest BCUT2D eigenvalue weighted by Crippen LogP contribution is 2.29. The van der Waals surface area contributed by atoms with Gasteiger partial charge in [-0.05, 0) is 43.2 Å². The van der Waals surface area contributed by atoms with Crippen LogP contribution >= 0.6 is 0 Å². The molecule has 2 heterocycles. The summed E-state index contributed by atoms with van der Waals surface area (Å²) in [6.45, 7) is 1.43. The van der Waals surface area contributed by atoms with Crippen molar-refractivity contribution in [3.05, 3.63) is 77.5 Å². The number of nitrogens with one attached hydrogen (secondary N) is 1. The zero-order valence-corrected chi connectivity index (χ0v) is 14.9. The third kappa shape index (κ3) is 3.61. The van der Waals surface area contributed by atoms with Gasteiger partial charge in [0.1, 0.15) is 0 Å². The van der Waals surface area contributed by atoms with E-state index in [0.717, 1.165) is 36.3 Å². The minimum Gasteiger partial charge on any atom is -0.338 e. The summed E-state index contributed by atoms with van der Waals surface area (Å²) >= 11 is 0. The van der Waals surface area contributed by atoms with Crippen molar-refractivity contribution < 1.29 is 4.79 Å². The molecule has 0 bridgehead atoms. The quantitative estimate of drug-likeness (QED) is 0.772. The summed E-state index contributed by atoms with van der Waals surface area (Å²) in [4.78, 5) is 14.7. The fraction of sp³-hybridized carbons (Fsp3) is 0.227. The van der Waals surface area contributed by atoms with E-state index in [1.807, 2.05) is 35.2 Å². The van der Waals surface area contributed by atoms with Crippen LogP contribution in [0.15, 0.2) is 60.7 Å². The minimum absolute atomic E-state index is 0.0204. The minimum atomic E-state index is 0.0204.